The van der Waals surface area contributed by atoms with Gasteiger partial charge in [0.05, 0.1) is 5.56 Å². The summed E-state index contributed by atoms with van der Waals surface area (Å²) in [5.74, 6) is -1.61. The van der Waals surface area contributed by atoms with Crippen molar-refractivity contribution in [3.05, 3.63) is 41.7 Å². The number of hydrazine groups is 1. The predicted octanol–water partition coefficient (Wildman–Crippen LogP) is 2.95. The van der Waals surface area contributed by atoms with Crippen LogP contribution in [0.3, 0.4) is 0 Å². The lowest BCUT2D eigenvalue weighted by Gasteiger charge is -2.17. The Hall–Kier alpha value is -3.42. The molecule has 2 heterocycles. The topological polar surface area (TPSA) is 89.4 Å². The third-order valence-electron chi connectivity index (χ3n) is 4.40. The summed E-state index contributed by atoms with van der Waals surface area (Å²) in [7, 11) is 0. The lowest BCUT2D eigenvalue weighted by atomic mass is 10.1. The second-order valence-electron chi connectivity index (χ2n) is 7.12. The van der Waals surface area contributed by atoms with Gasteiger partial charge in [-0.05, 0) is 30.7 Å². The fraction of sp³-hybridized carbons (Fsp3) is 0.368. The molecule has 1 aliphatic heterocycles. The maximum Gasteiger partial charge on any atom is 0.416 e. The average Bonchev–Trinajstić information content (AvgIpc) is 3.31. The number of alkyl halides is 6. The number of amides is 2. The summed E-state index contributed by atoms with van der Waals surface area (Å²) >= 11 is 0. The molecule has 14 heteroatoms. The van der Waals surface area contributed by atoms with Crippen LogP contribution in [0, 0.1) is 6.92 Å². The summed E-state index contributed by atoms with van der Waals surface area (Å²) in [6, 6.07) is 3.37. The molecule has 1 atom stereocenters. The Morgan fingerprint density at radius 3 is 2.64 bits per heavy atom. The molecular formula is C19H17F6N5O3. The quantitative estimate of drug-likeness (QED) is 0.511. The molecule has 1 fully saturated rings. The molecular weight excluding hydrogens is 460 g/mol. The highest BCUT2D eigenvalue weighted by Crippen LogP contribution is 2.32. The maximum atomic E-state index is 13.0. The molecule has 0 radical (unpaired) electrons. The van der Waals surface area contributed by atoms with Crippen molar-refractivity contribution < 1.29 is 40.7 Å². The first kappa shape index (κ1) is 24.2. The van der Waals surface area contributed by atoms with Crippen LogP contribution in [-0.4, -0.2) is 57.0 Å². The second kappa shape index (κ2) is 9.21. The Bertz CT molecular complexity index is 1060. The number of aromatic nitrogens is 3. The van der Waals surface area contributed by atoms with Gasteiger partial charge in [-0.25, -0.2) is 9.67 Å². The van der Waals surface area contributed by atoms with Gasteiger partial charge < -0.3 is 4.74 Å². The molecule has 0 bridgehead atoms. The molecule has 0 spiro atoms. The average molecular weight is 477 g/mol. The van der Waals surface area contributed by atoms with E-state index in [4.69, 9.17) is 0 Å². The molecule has 0 unspecified atom stereocenters. The Labute approximate surface area is 182 Å². The van der Waals surface area contributed by atoms with Gasteiger partial charge in [0.1, 0.15) is 19.0 Å². The molecule has 1 N–H and O–H groups in total. The van der Waals surface area contributed by atoms with Crippen LogP contribution in [0.4, 0.5) is 26.3 Å². The maximum absolute atomic E-state index is 13.0. The minimum atomic E-state index is -4.58. The monoisotopic (exact) mass is 477 g/mol. The first-order chi connectivity index (χ1) is 15.3. The van der Waals surface area contributed by atoms with Gasteiger partial charge in [-0.1, -0.05) is 0 Å². The zero-order chi connectivity index (χ0) is 24.4. The van der Waals surface area contributed by atoms with Gasteiger partial charge in [0.25, 0.3) is 11.8 Å². The zero-order valence-electron chi connectivity index (χ0n) is 16.9. The van der Waals surface area contributed by atoms with Gasteiger partial charge in [-0.15, -0.1) is 5.10 Å². The van der Waals surface area contributed by atoms with Crippen molar-refractivity contribution in [1.82, 2.24) is 25.2 Å². The number of carbonyl (C=O) groups is 2. The summed E-state index contributed by atoms with van der Waals surface area (Å²) < 4.78 is 81.3. The van der Waals surface area contributed by atoms with Crippen LogP contribution in [0.1, 0.15) is 17.5 Å². The molecule has 3 rings (SSSR count). The van der Waals surface area contributed by atoms with Crippen LogP contribution in [0.15, 0.2) is 30.6 Å². The number of rotatable bonds is 6. The standard InChI is InChI=1S/C19H17F6N5O3/c1-11-6-12(8-13(7-11)19(23,24)25)16-26-10-29(28-16)4-3-15(31)27-30-5-2-14(17(30)32)33-9-18(20,21)22/h3-4,6-8,10,14H,2,5,9H2,1H3,(H,27,31)/b4-3-/t14-/m0/s1. The highest BCUT2D eigenvalue weighted by molar-refractivity contribution is 5.92. The SMILES string of the molecule is Cc1cc(-c2ncn(/C=C\C(=O)NN3CC[C@H](OCC(F)(F)F)C3=O)n2)cc(C(F)(F)F)c1. The van der Waals surface area contributed by atoms with E-state index in [1.165, 1.54) is 13.0 Å². The molecule has 178 valence electrons. The second-order valence-corrected chi connectivity index (χ2v) is 7.12. The van der Waals surface area contributed by atoms with E-state index in [1.807, 2.05) is 0 Å². The van der Waals surface area contributed by atoms with E-state index < -0.39 is 42.4 Å². The predicted molar refractivity (Wildman–Crippen MR) is 101 cm³/mol. The summed E-state index contributed by atoms with van der Waals surface area (Å²) in [5.41, 5.74) is 1.85. The van der Waals surface area contributed by atoms with Gasteiger partial charge in [-0.2, -0.15) is 26.3 Å². The van der Waals surface area contributed by atoms with E-state index in [-0.39, 0.29) is 24.4 Å². The first-order valence-electron chi connectivity index (χ1n) is 9.41. The van der Waals surface area contributed by atoms with E-state index >= 15 is 0 Å². The lowest BCUT2D eigenvalue weighted by Crippen LogP contribution is -2.44. The number of carbonyl (C=O) groups excluding carboxylic acids is 2. The number of nitrogens with one attached hydrogen (secondary N) is 1. The van der Waals surface area contributed by atoms with Crippen molar-refractivity contribution in [2.45, 2.75) is 31.8 Å². The third kappa shape index (κ3) is 6.54. The van der Waals surface area contributed by atoms with Crippen molar-refractivity contribution in [1.29, 1.82) is 0 Å². The minimum Gasteiger partial charge on any atom is -0.359 e. The van der Waals surface area contributed by atoms with Crippen molar-refractivity contribution in [3.63, 3.8) is 0 Å². The fourth-order valence-electron chi connectivity index (χ4n) is 2.98. The molecule has 2 amide bonds. The Kier molecular flexibility index (Phi) is 6.76. The molecule has 1 saturated heterocycles. The van der Waals surface area contributed by atoms with Crippen LogP contribution >= 0.6 is 0 Å². The van der Waals surface area contributed by atoms with Crippen LogP contribution < -0.4 is 5.43 Å². The molecule has 8 nitrogen and oxygen atoms in total. The molecule has 0 aliphatic carbocycles. The Morgan fingerprint density at radius 2 is 1.97 bits per heavy atom. The Morgan fingerprint density at radius 1 is 1.24 bits per heavy atom. The van der Waals surface area contributed by atoms with Gasteiger partial charge in [0, 0.05) is 30.8 Å². The molecule has 2 aromatic rings. The van der Waals surface area contributed by atoms with E-state index in [9.17, 15) is 35.9 Å². The van der Waals surface area contributed by atoms with Crippen molar-refractivity contribution in [2.24, 2.45) is 0 Å². The van der Waals surface area contributed by atoms with Crippen LogP contribution in [0.5, 0.6) is 0 Å². The van der Waals surface area contributed by atoms with E-state index in [0.717, 1.165) is 40.4 Å². The van der Waals surface area contributed by atoms with Gasteiger partial charge >= 0.3 is 12.4 Å². The zero-order valence-corrected chi connectivity index (χ0v) is 16.9. The van der Waals surface area contributed by atoms with E-state index in [0.29, 0.717) is 5.56 Å². The number of hydrogen-bond acceptors (Lipinski definition) is 5. The van der Waals surface area contributed by atoms with E-state index in [1.54, 1.807) is 0 Å². The first-order valence-corrected chi connectivity index (χ1v) is 9.41. The fourth-order valence-corrected chi connectivity index (χ4v) is 2.98. The van der Waals surface area contributed by atoms with Crippen molar-refractivity contribution >= 4 is 18.0 Å². The van der Waals surface area contributed by atoms with Crippen LogP contribution in [0.2, 0.25) is 0 Å². The highest BCUT2D eigenvalue weighted by atomic mass is 19.4. The number of hydrogen-bond donors (Lipinski definition) is 1. The Balaban J connectivity index is 1.60. The molecule has 1 aliphatic rings. The van der Waals surface area contributed by atoms with Gasteiger partial charge in [0.15, 0.2) is 5.82 Å². The summed E-state index contributed by atoms with van der Waals surface area (Å²) in [6.45, 7) is -0.118. The van der Waals surface area contributed by atoms with Crippen molar-refractivity contribution in [3.8, 4) is 11.4 Å². The normalized spacial score (nSPS) is 17.2. The molecule has 0 saturated carbocycles. The lowest BCUT2D eigenvalue weighted by molar-refractivity contribution is -0.187. The molecule has 1 aromatic carbocycles. The third-order valence-corrected chi connectivity index (χ3v) is 4.40. The summed E-state index contributed by atoms with van der Waals surface area (Å²) in [6.07, 6.45) is -7.19. The van der Waals surface area contributed by atoms with E-state index in [2.05, 4.69) is 20.2 Å². The number of halogens is 6. The van der Waals surface area contributed by atoms with Crippen LogP contribution in [0.25, 0.3) is 17.6 Å². The number of benzene rings is 1. The number of ether oxygens (including phenoxy) is 1. The van der Waals surface area contributed by atoms with Crippen LogP contribution in [-0.2, 0) is 20.5 Å². The highest BCUT2D eigenvalue weighted by Gasteiger charge is 2.37. The molecule has 1 aromatic heterocycles. The largest absolute Gasteiger partial charge is 0.416 e. The summed E-state index contributed by atoms with van der Waals surface area (Å²) in [4.78, 5) is 27.9. The molecule has 33 heavy (non-hydrogen) atoms. The minimum absolute atomic E-state index is 0.00589. The number of nitrogens with zero attached hydrogens (tertiary/aromatic N) is 4. The van der Waals surface area contributed by atoms with Gasteiger partial charge in [0.2, 0.25) is 0 Å². The smallest absolute Gasteiger partial charge is 0.359 e. The van der Waals surface area contributed by atoms with Crippen molar-refractivity contribution in [2.75, 3.05) is 13.2 Å². The van der Waals surface area contributed by atoms with Gasteiger partial charge in [-0.3, -0.25) is 20.0 Å². The number of aryl methyl sites for hydroxylation is 1. The summed E-state index contributed by atoms with van der Waals surface area (Å²) in [5, 5.41) is 4.83.